The lowest BCUT2D eigenvalue weighted by Crippen LogP contribution is -2.35. The molecule has 0 spiro atoms. The number of hydrogen-bond donors (Lipinski definition) is 3. The number of urea groups is 1. The molecule has 0 saturated heterocycles. The van der Waals surface area contributed by atoms with Crippen LogP contribution in [-0.2, 0) is 4.79 Å². The van der Waals surface area contributed by atoms with E-state index in [1.807, 2.05) is 0 Å². The minimum Gasteiger partial charge on any atom is -0.481 e. The first-order valence-electron chi connectivity index (χ1n) is 5.97. The van der Waals surface area contributed by atoms with Crippen molar-refractivity contribution in [3.63, 3.8) is 0 Å². The third-order valence-electron chi connectivity index (χ3n) is 2.72. The highest BCUT2D eigenvalue weighted by molar-refractivity contribution is 5.89. The van der Waals surface area contributed by atoms with Crippen molar-refractivity contribution in [1.29, 1.82) is 0 Å². The average molecular weight is 268 g/mol. The summed E-state index contributed by atoms with van der Waals surface area (Å²) in [6, 6.07) is 3.74. The van der Waals surface area contributed by atoms with Gasteiger partial charge in [-0.15, -0.1) is 0 Å². The van der Waals surface area contributed by atoms with Gasteiger partial charge in [0.15, 0.2) is 0 Å². The van der Waals surface area contributed by atoms with E-state index >= 15 is 0 Å². The van der Waals surface area contributed by atoms with Gasteiger partial charge in [-0.25, -0.2) is 9.18 Å². The van der Waals surface area contributed by atoms with E-state index in [4.69, 9.17) is 5.11 Å². The molecule has 104 valence electrons. The van der Waals surface area contributed by atoms with Crippen LogP contribution >= 0.6 is 0 Å². The number of carbonyl (C=O) groups excluding carboxylic acids is 1. The van der Waals surface area contributed by atoms with E-state index < -0.39 is 23.7 Å². The summed E-state index contributed by atoms with van der Waals surface area (Å²) >= 11 is 0. The molecular formula is C13H17FN2O3. The summed E-state index contributed by atoms with van der Waals surface area (Å²) in [5.41, 5.74) is 0.884. The predicted octanol–water partition coefficient (Wildman–Crippen LogP) is 2.37. The number of nitrogens with one attached hydrogen (secondary N) is 2. The highest BCUT2D eigenvalue weighted by Crippen LogP contribution is 2.15. The summed E-state index contributed by atoms with van der Waals surface area (Å²) in [7, 11) is 0. The fourth-order valence-corrected chi connectivity index (χ4v) is 1.52. The number of halogens is 1. The number of carboxylic acid groups (broad SMARTS) is 1. The van der Waals surface area contributed by atoms with Crippen LogP contribution in [0.25, 0.3) is 0 Å². The van der Waals surface area contributed by atoms with Crippen LogP contribution < -0.4 is 10.6 Å². The van der Waals surface area contributed by atoms with Gasteiger partial charge in [-0.2, -0.15) is 0 Å². The van der Waals surface area contributed by atoms with Crippen molar-refractivity contribution in [2.45, 2.75) is 20.3 Å². The highest BCUT2D eigenvalue weighted by Gasteiger charge is 2.16. The molecule has 1 rings (SSSR count). The molecule has 0 aliphatic heterocycles. The first-order chi connectivity index (χ1) is 8.93. The Hall–Kier alpha value is -2.11. The smallest absolute Gasteiger partial charge is 0.319 e. The van der Waals surface area contributed by atoms with Crippen molar-refractivity contribution in [2.75, 3.05) is 11.9 Å². The summed E-state index contributed by atoms with van der Waals surface area (Å²) in [6.45, 7) is 3.50. The quantitative estimate of drug-likeness (QED) is 0.767. The van der Waals surface area contributed by atoms with Crippen LogP contribution in [-0.4, -0.2) is 23.7 Å². The van der Waals surface area contributed by atoms with E-state index in [0.29, 0.717) is 6.42 Å². The van der Waals surface area contributed by atoms with E-state index in [1.165, 1.54) is 12.1 Å². The number of benzene rings is 1. The van der Waals surface area contributed by atoms with Gasteiger partial charge in [0.1, 0.15) is 5.82 Å². The van der Waals surface area contributed by atoms with Gasteiger partial charge in [0.25, 0.3) is 0 Å². The zero-order chi connectivity index (χ0) is 14.4. The van der Waals surface area contributed by atoms with Crippen LogP contribution in [0.3, 0.4) is 0 Å². The van der Waals surface area contributed by atoms with Crippen molar-refractivity contribution in [1.82, 2.24) is 5.32 Å². The molecule has 5 nitrogen and oxygen atoms in total. The predicted molar refractivity (Wildman–Crippen MR) is 69.6 cm³/mol. The molecule has 6 heteroatoms. The Morgan fingerprint density at radius 1 is 1.42 bits per heavy atom. The molecule has 1 unspecified atom stereocenters. The molecule has 1 aromatic rings. The lowest BCUT2D eigenvalue weighted by molar-refractivity contribution is -0.141. The molecule has 3 N–H and O–H groups in total. The summed E-state index contributed by atoms with van der Waals surface area (Å²) in [4.78, 5) is 22.3. The summed E-state index contributed by atoms with van der Waals surface area (Å²) in [6.07, 6.45) is 0.411. The minimum atomic E-state index is -0.968. The molecule has 0 fully saturated rings. The van der Waals surface area contributed by atoms with Gasteiger partial charge in [-0.3, -0.25) is 4.79 Å². The summed E-state index contributed by atoms with van der Waals surface area (Å²) < 4.78 is 13.4. The molecule has 0 radical (unpaired) electrons. The molecule has 1 aromatic carbocycles. The van der Waals surface area contributed by atoms with E-state index in [9.17, 15) is 14.0 Å². The zero-order valence-corrected chi connectivity index (χ0v) is 10.9. The second-order valence-corrected chi connectivity index (χ2v) is 4.26. The summed E-state index contributed by atoms with van der Waals surface area (Å²) in [5.74, 6) is -2.15. The van der Waals surface area contributed by atoms with E-state index in [0.717, 1.165) is 5.56 Å². The Kier molecular flexibility index (Phi) is 5.29. The first kappa shape index (κ1) is 14.9. The number of aryl methyl sites for hydroxylation is 1. The number of aliphatic carboxylic acids is 1. The third-order valence-corrected chi connectivity index (χ3v) is 2.72. The molecular weight excluding hydrogens is 251 g/mol. The van der Waals surface area contributed by atoms with Gasteiger partial charge in [0.2, 0.25) is 0 Å². The number of carboxylic acids is 1. The molecule has 0 aliphatic rings. The molecule has 0 bridgehead atoms. The monoisotopic (exact) mass is 268 g/mol. The van der Waals surface area contributed by atoms with E-state index in [-0.39, 0.29) is 12.2 Å². The second-order valence-electron chi connectivity index (χ2n) is 4.26. The average Bonchev–Trinajstić information content (AvgIpc) is 2.34. The SMILES string of the molecule is CCC(CNC(=O)Nc1cc(C)ccc1F)C(=O)O. The second kappa shape index (κ2) is 6.72. The maximum absolute atomic E-state index is 13.4. The van der Waals surface area contributed by atoms with Crippen LogP contribution in [0.2, 0.25) is 0 Å². The maximum Gasteiger partial charge on any atom is 0.319 e. The molecule has 0 heterocycles. The lowest BCUT2D eigenvalue weighted by Gasteiger charge is -2.12. The van der Waals surface area contributed by atoms with E-state index in [2.05, 4.69) is 10.6 Å². The molecule has 0 saturated carbocycles. The number of carbonyl (C=O) groups is 2. The maximum atomic E-state index is 13.4. The van der Waals surface area contributed by atoms with Gasteiger partial charge < -0.3 is 15.7 Å². The fourth-order valence-electron chi connectivity index (χ4n) is 1.52. The van der Waals surface area contributed by atoms with Crippen molar-refractivity contribution in [3.05, 3.63) is 29.6 Å². The number of rotatable bonds is 5. The Morgan fingerprint density at radius 3 is 2.68 bits per heavy atom. The van der Waals surface area contributed by atoms with Gasteiger partial charge in [-0.1, -0.05) is 13.0 Å². The third kappa shape index (κ3) is 4.57. The van der Waals surface area contributed by atoms with Gasteiger partial charge in [-0.05, 0) is 31.0 Å². The van der Waals surface area contributed by atoms with Crippen LogP contribution in [0.5, 0.6) is 0 Å². The fraction of sp³-hybridized carbons (Fsp3) is 0.385. The van der Waals surface area contributed by atoms with Gasteiger partial charge in [0.05, 0.1) is 11.6 Å². The van der Waals surface area contributed by atoms with Crippen LogP contribution in [0.4, 0.5) is 14.9 Å². The van der Waals surface area contributed by atoms with Crippen molar-refractivity contribution < 1.29 is 19.1 Å². The normalized spacial score (nSPS) is 11.7. The first-order valence-corrected chi connectivity index (χ1v) is 5.97. The van der Waals surface area contributed by atoms with Gasteiger partial charge >= 0.3 is 12.0 Å². The topological polar surface area (TPSA) is 78.4 Å². The largest absolute Gasteiger partial charge is 0.481 e. The Bertz CT molecular complexity index is 477. The Morgan fingerprint density at radius 2 is 2.11 bits per heavy atom. The standard InChI is InChI=1S/C13H17FN2O3/c1-3-9(12(17)18)7-15-13(19)16-11-6-8(2)4-5-10(11)14/h4-6,9H,3,7H2,1-2H3,(H,17,18)(H2,15,16,19). The number of anilines is 1. The minimum absolute atomic E-state index is 0.00506. The van der Waals surface area contributed by atoms with Crippen LogP contribution in [0.15, 0.2) is 18.2 Å². The Balaban J connectivity index is 2.56. The lowest BCUT2D eigenvalue weighted by atomic mass is 10.1. The Labute approximate surface area is 110 Å². The van der Waals surface area contributed by atoms with Crippen molar-refractivity contribution >= 4 is 17.7 Å². The highest BCUT2D eigenvalue weighted by atomic mass is 19.1. The van der Waals surface area contributed by atoms with Crippen molar-refractivity contribution in [2.24, 2.45) is 5.92 Å². The van der Waals surface area contributed by atoms with Crippen molar-refractivity contribution in [3.8, 4) is 0 Å². The molecule has 0 aliphatic carbocycles. The number of hydrogen-bond acceptors (Lipinski definition) is 2. The molecule has 1 atom stereocenters. The summed E-state index contributed by atoms with van der Waals surface area (Å²) in [5, 5.41) is 13.6. The molecule has 19 heavy (non-hydrogen) atoms. The number of amides is 2. The van der Waals surface area contributed by atoms with Crippen LogP contribution in [0, 0.1) is 18.7 Å². The van der Waals surface area contributed by atoms with E-state index in [1.54, 1.807) is 19.9 Å². The molecule has 0 aromatic heterocycles. The van der Waals surface area contributed by atoms with Crippen LogP contribution in [0.1, 0.15) is 18.9 Å². The van der Waals surface area contributed by atoms with Gasteiger partial charge in [0, 0.05) is 6.54 Å². The molecule has 2 amide bonds. The zero-order valence-electron chi connectivity index (χ0n) is 10.9.